The van der Waals surface area contributed by atoms with Crippen LogP contribution in [0, 0.1) is 6.92 Å². The van der Waals surface area contributed by atoms with Gasteiger partial charge >= 0.3 is 0 Å². The molecule has 0 saturated carbocycles. The van der Waals surface area contributed by atoms with E-state index < -0.39 is 9.84 Å². The van der Waals surface area contributed by atoms with Gasteiger partial charge in [-0.1, -0.05) is 0 Å². The zero-order chi connectivity index (χ0) is 15.2. The summed E-state index contributed by atoms with van der Waals surface area (Å²) in [6.07, 6.45) is 1.57. The largest absolute Gasteiger partial charge is 0.355 e. The van der Waals surface area contributed by atoms with Gasteiger partial charge < -0.3 is 4.98 Å². The number of carbonyl (C=O) groups excluding carboxylic acids is 1. The van der Waals surface area contributed by atoms with Gasteiger partial charge in [0.05, 0.1) is 27.2 Å². The summed E-state index contributed by atoms with van der Waals surface area (Å²) < 4.78 is 25.4. The number of benzene rings is 1. The number of Topliss-reactive ketones (excluding diaryl/α,β-unsaturated/α-hetero) is 1. The molecule has 0 radical (unpaired) electrons. The molecule has 7 heteroatoms. The molecule has 0 spiro atoms. The summed E-state index contributed by atoms with van der Waals surface area (Å²) in [5.41, 5.74) is 1.51. The number of hydrogen-bond acceptors (Lipinski definition) is 4. The Hall–Kier alpha value is -2.41. The molecule has 0 unspecified atom stereocenters. The second-order valence-corrected chi connectivity index (χ2v) is 6.77. The Labute approximate surface area is 121 Å². The number of fused-ring (bicyclic) bond motifs is 1. The molecule has 2 aromatic heterocycles. The number of H-pyrrole nitrogens is 2. The van der Waals surface area contributed by atoms with E-state index in [4.69, 9.17) is 0 Å². The van der Waals surface area contributed by atoms with E-state index >= 15 is 0 Å². The summed E-state index contributed by atoms with van der Waals surface area (Å²) >= 11 is 0. The van der Waals surface area contributed by atoms with E-state index in [-0.39, 0.29) is 21.3 Å². The van der Waals surface area contributed by atoms with Gasteiger partial charge in [-0.05, 0) is 31.2 Å². The third-order valence-electron chi connectivity index (χ3n) is 3.36. The van der Waals surface area contributed by atoms with Crippen molar-refractivity contribution in [2.45, 2.75) is 23.6 Å². The van der Waals surface area contributed by atoms with Crippen molar-refractivity contribution in [3.63, 3.8) is 0 Å². The van der Waals surface area contributed by atoms with Gasteiger partial charge in [-0.15, -0.1) is 0 Å². The quantitative estimate of drug-likeness (QED) is 0.725. The summed E-state index contributed by atoms with van der Waals surface area (Å²) in [6, 6.07) is 6.14. The molecule has 2 heterocycles. The summed E-state index contributed by atoms with van der Waals surface area (Å²) in [7, 11) is -3.68. The number of sulfone groups is 1. The van der Waals surface area contributed by atoms with Crippen molar-refractivity contribution >= 4 is 26.5 Å². The zero-order valence-electron chi connectivity index (χ0n) is 11.5. The monoisotopic (exact) mass is 303 g/mol. The molecule has 0 atom stereocenters. The standard InChI is InChI=1S/C14H13N3O3S/c1-8-14(6-13(16-8)9(2)18)21(19,20)11-3-4-12-10(5-11)7-15-17-12/h3-7,16H,1-2H3,(H,15,17). The summed E-state index contributed by atoms with van der Waals surface area (Å²) in [4.78, 5) is 14.5. The lowest BCUT2D eigenvalue weighted by Gasteiger charge is -2.03. The van der Waals surface area contributed by atoms with Crippen LogP contribution >= 0.6 is 0 Å². The molecule has 21 heavy (non-hydrogen) atoms. The number of hydrogen-bond donors (Lipinski definition) is 2. The van der Waals surface area contributed by atoms with Crippen LogP contribution in [-0.4, -0.2) is 29.4 Å². The molecule has 0 amide bonds. The maximum Gasteiger partial charge on any atom is 0.208 e. The van der Waals surface area contributed by atoms with Gasteiger partial charge in [-0.25, -0.2) is 8.42 Å². The van der Waals surface area contributed by atoms with Crippen LogP contribution in [0.25, 0.3) is 10.9 Å². The summed E-state index contributed by atoms with van der Waals surface area (Å²) in [6.45, 7) is 3.02. The van der Waals surface area contributed by atoms with Crippen LogP contribution in [0.5, 0.6) is 0 Å². The highest BCUT2D eigenvalue weighted by Crippen LogP contribution is 2.27. The molecule has 3 aromatic rings. The van der Waals surface area contributed by atoms with Gasteiger partial charge in [0.2, 0.25) is 9.84 Å². The Bertz CT molecular complexity index is 951. The molecule has 3 rings (SSSR count). The number of ketones is 1. The van der Waals surface area contributed by atoms with Crippen LogP contribution in [0.15, 0.2) is 40.3 Å². The Balaban J connectivity index is 2.17. The van der Waals surface area contributed by atoms with E-state index in [2.05, 4.69) is 15.2 Å². The van der Waals surface area contributed by atoms with Crippen LogP contribution in [0.3, 0.4) is 0 Å². The fraction of sp³-hybridized carbons (Fsp3) is 0.143. The van der Waals surface area contributed by atoms with Gasteiger partial charge in [0, 0.05) is 18.0 Å². The third kappa shape index (κ3) is 2.15. The number of aromatic amines is 2. The van der Waals surface area contributed by atoms with Crippen molar-refractivity contribution in [3.8, 4) is 0 Å². The third-order valence-corrected chi connectivity index (χ3v) is 5.24. The Morgan fingerprint density at radius 1 is 1.24 bits per heavy atom. The van der Waals surface area contributed by atoms with Gasteiger partial charge in [-0.3, -0.25) is 9.89 Å². The second-order valence-electron chi connectivity index (χ2n) is 4.85. The Morgan fingerprint density at radius 2 is 2.00 bits per heavy atom. The Morgan fingerprint density at radius 3 is 2.67 bits per heavy atom. The lowest BCUT2D eigenvalue weighted by Crippen LogP contribution is -2.02. The zero-order valence-corrected chi connectivity index (χ0v) is 12.3. The summed E-state index contributed by atoms with van der Waals surface area (Å²) in [5.74, 6) is -0.204. The molecule has 0 aliphatic heterocycles. The Kier molecular flexibility index (Phi) is 2.94. The predicted octanol–water partition coefficient (Wildman–Crippen LogP) is 2.23. The highest BCUT2D eigenvalue weighted by molar-refractivity contribution is 7.91. The second kappa shape index (κ2) is 4.56. The number of aromatic nitrogens is 3. The molecule has 0 fully saturated rings. The average molecular weight is 303 g/mol. The van der Waals surface area contributed by atoms with Crippen LogP contribution in [-0.2, 0) is 9.84 Å². The number of aryl methyl sites for hydroxylation is 1. The topological polar surface area (TPSA) is 95.7 Å². The molecule has 0 bridgehead atoms. The minimum absolute atomic E-state index is 0.121. The maximum atomic E-state index is 12.7. The van der Waals surface area contributed by atoms with Crippen molar-refractivity contribution in [2.75, 3.05) is 0 Å². The summed E-state index contributed by atoms with van der Waals surface area (Å²) in [5, 5.41) is 7.36. The van der Waals surface area contributed by atoms with Crippen molar-refractivity contribution in [1.82, 2.24) is 15.2 Å². The first-order valence-electron chi connectivity index (χ1n) is 6.28. The molecule has 108 valence electrons. The number of nitrogens with one attached hydrogen (secondary N) is 2. The van der Waals surface area contributed by atoms with Gasteiger partial charge in [0.1, 0.15) is 0 Å². The molecule has 1 aromatic carbocycles. The number of nitrogens with zero attached hydrogens (tertiary/aromatic N) is 1. The lowest BCUT2D eigenvalue weighted by molar-refractivity contribution is 0.101. The fourth-order valence-corrected chi connectivity index (χ4v) is 3.73. The van der Waals surface area contributed by atoms with Gasteiger partial charge in [0.15, 0.2) is 5.78 Å². The van der Waals surface area contributed by atoms with Crippen molar-refractivity contribution in [3.05, 3.63) is 41.9 Å². The van der Waals surface area contributed by atoms with Crippen LogP contribution in [0.2, 0.25) is 0 Å². The first-order chi connectivity index (χ1) is 9.89. The van der Waals surface area contributed by atoms with E-state index in [1.807, 2.05) is 0 Å². The van der Waals surface area contributed by atoms with E-state index in [0.29, 0.717) is 5.69 Å². The van der Waals surface area contributed by atoms with E-state index in [1.54, 1.807) is 25.3 Å². The van der Waals surface area contributed by atoms with Crippen molar-refractivity contribution in [1.29, 1.82) is 0 Å². The first-order valence-corrected chi connectivity index (χ1v) is 7.76. The smallest absolute Gasteiger partial charge is 0.208 e. The molecule has 0 aliphatic rings. The SMILES string of the molecule is CC(=O)c1cc(S(=O)(=O)c2ccc3[nH]ncc3c2)c(C)[nH]1. The molecule has 2 N–H and O–H groups in total. The molecular formula is C14H13N3O3S. The van der Waals surface area contributed by atoms with Crippen LogP contribution < -0.4 is 0 Å². The van der Waals surface area contributed by atoms with Crippen molar-refractivity contribution < 1.29 is 13.2 Å². The van der Waals surface area contributed by atoms with Gasteiger partial charge in [-0.2, -0.15) is 5.10 Å². The van der Waals surface area contributed by atoms with Gasteiger partial charge in [0.25, 0.3) is 0 Å². The van der Waals surface area contributed by atoms with Crippen molar-refractivity contribution in [2.24, 2.45) is 0 Å². The maximum absolute atomic E-state index is 12.7. The van der Waals surface area contributed by atoms with Crippen LogP contribution in [0.1, 0.15) is 23.1 Å². The molecule has 0 saturated heterocycles. The van der Waals surface area contributed by atoms with E-state index in [0.717, 1.165) is 10.9 Å². The highest BCUT2D eigenvalue weighted by atomic mass is 32.2. The van der Waals surface area contributed by atoms with E-state index in [1.165, 1.54) is 19.1 Å². The highest BCUT2D eigenvalue weighted by Gasteiger charge is 2.23. The molecule has 6 nitrogen and oxygen atoms in total. The molecule has 0 aliphatic carbocycles. The number of rotatable bonds is 3. The molecular weight excluding hydrogens is 290 g/mol. The lowest BCUT2D eigenvalue weighted by atomic mass is 10.3. The fourth-order valence-electron chi connectivity index (χ4n) is 2.22. The first kappa shape index (κ1) is 13.6. The average Bonchev–Trinajstić information content (AvgIpc) is 3.03. The number of carbonyl (C=O) groups is 1. The van der Waals surface area contributed by atoms with E-state index in [9.17, 15) is 13.2 Å². The van der Waals surface area contributed by atoms with Crippen LogP contribution in [0.4, 0.5) is 0 Å². The predicted molar refractivity (Wildman–Crippen MR) is 77.1 cm³/mol. The normalized spacial score (nSPS) is 11.9. The minimum Gasteiger partial charge on any atom is -0.355 e. The minimum atomic E-state index is -3.68.